The van der Waals surface area contributed by atoms with Gasteiger partial charge in [-0.3, -0.25) is 0 Å². The van der Waals surface area contributed by atoms with E-state index in [2.05, 4.69) is 5.32 Å². The predicted octanol–water partition coefficient (Wildman–Crippen LogP) is 2.32. The van der Waals surface area contributed by atoms with Gasteiger partial charge in [-0.05, 0) is 50.0 Å². The minimum Gasteiger partial charge on any atom is -0.491 e. The SMILES string of the molecule is COCCOc1ccc(F)cc1C1CCNCC1. The highest BCUT2D eigenvalue weighted by molar-refractivity contribution is 5.37. The normalized spacial score (nSPS) is 16.8. The summed E-state index contributed by atoms with van der Waals surface area (Å²) in [5.41, 5.74) is 0.993. The fourth-order valence-electron chi connectivity index (χ4n) is 2.34. The first-order chi connectivity index (χ1) is 8.81. The Bertz CT molecular complexity index is 378. The number of nitrogens with one attached hydrogen (secondary N) is 1. The molecule has 1 aliphatic heterocycles. The Hall–Kier alpha value is -1.13. The molecule has 0 atom stereocenters. The monoisotopic (exact) mass is 253 g/mol. The van der Waals surface area contributed by atoms with Crippen molar-refractivity contribution in [2.45, 2.75) is 18.8 Å². The van der Waals surface area contributed by atoms with Crippen molar-refractivity contribution in [1.29, 1.82) is 0 Å². The number of hydrogen-bond donors (Lipinski definition) is 1. The van der Waals surface area contributed by atoms with E-state index in [0.717, 1.165) is 37.2 Å². The summed E-state index contributed by atoms with van der Waals surface area (Å²) in [5, 5.41) is 3.32. The topological polar surface area (TPSA) is 30.5 Å². The van der Waals surface area contributed by atoms with Gasteiger partial charge in [-0.15, -0.1) is 0 Å². The van der Waals surface area contributed by atoms with E-state index in [1.165, 1.54) is 6.07 Å². The van der Waals surface area contributed by atoms with Gasteiger partial charge in [-0.1, -0.05) is 0 Å². The van der Waals surface area contributed by atoms with Gasteiger partial charge in [0.05, 0.1) is 6.61 Å². The maximum Gasteiger partial charge on any atom is 0.123 e. The largest absolute Gasteiger partial charge is 0.491 e. The number of benzene rings is 1. The number of hydrogen-bond acceptors (Lipinski definition) is 3. The summed E-state index contributed by atoms with van der Waals surface area (Å²) in [4.78, 5) is 0. The van der Waals surface area contributed by atoms with Crippen molar-refractivity contribution in [3.05, 3.63) is 29.6 Å². The minimum absolute atomic E-state index is 0.192. The van der Waals surface area contributed by atoms with E-state index < -0.39 is 0 Å². The molecule has 0 saturated carbocycles. The minimum atomic E-state index is -0.192. The molecule has 0 unspecified atom stereocenters. The lowest BCUT2D eigenvalue weighted by Gasteiger charge is -2.25. The van der Waals surface area contributed by atoms with Gasteiger partial charge in [-0.25, -0.2) is 4.39 Å². The molecule has 4 heteroatoms. The van der Waals surface area contributed by atoms with Crippen LogP contribution in [0.5, 0.6) is 5.75 Å². The van der Waals surface area contributed by atoms with Crippen LogP contribution in [0.3, 0.4) is 0 Å². The molecule has 0 aliphatic carbocycles. The Balaban J connectivity index is 2.11. The van der Waals surface area contributed by atoms with Crippen LogP contribution in [-0.4, -0.2) is 33.4 Å². The van der Waals surface area contributed by atoms with Crippen LogP contribution in [0.2, 0.25) is 0 Å². The number of ether oxygens (including phenoxy) is 2. The van der Waals surface area contributed by atoms with Crippen LogP contribution < -0.4 is 10.1 Å². The molecule has 0 spiro atoms. The van der Waals surface area contributed by atoms with Crippen LogP contribution in [0, 0.1) is 5.82 Å². The van der Waals surface area contributed by atoms with E-state index in [0.29, 0.717) is 19.1 Å². The van der Waals surface area contributed by atoms with Crippen LogP contribution in [0.25, 0.3) is 0 Å². The molecule has 0 aromatic heterocycles. The zero-order valence-electron chi connectivity index (χ0n) is 10.7. The van der Waals surface area contributed by atoms with Crippen LogP contribution in [0.15, 0.2) is 18.2 Å². The van der Waals surface area contributed by atoms with Gasteiger partial charge in [0.15, 0.2) is 0 Å². The lowest BCUT2D eigenvalue weighted by Crippen LogP contribution is -2.27. The second-order valence-corrected chi connectivity index (χ2v) is 4.55. The molecular formula is C14H20FNO2. The standard InChI is InChI=1S/C14H20FNO2/c1-17-8-9-18-14-3-2-12(15)10-13(14)11-4-6-16-7-5-11/h2-3,10-11,16H,4-9H2,1H3. The molecule has 1 aliphatic rings. The quantitative estimate of drug-likeness (QED) is 0.817. The number of piperidine rings is 1. The van der Waals surface area contributed by atoms with E-state index in [4.69, 9.17) is 9.47 Å². The highest BCUT2D eigenvalue weighted by atomic mass is 19.1. The Morgan fingerprint density at radius 1 is 1.28 bits per heavy atom. The molecule has 0 bridgehead atoms. The lowest BCUT2D eigenvalue weighted by molar-refractivity contribution is 0.145. The van der Waals surface area contributed by atoms with E-state index in [9.17, 15) is 4.39 Å². The van der Waals surface area contributed by atoms with E-state index in [-0.39, 0.29) is 5.82 Å². The van der Waals surface area contributed by atoms with E-state index in [1.807, 2.05) is 0 Å². The van der Waals surface area contributed by atoms with Crippen LogP contribution >= 0.6 is 0 Å². The molecule has 1 aromatic rings. The maximum atomic E-state index is 13.4. The van der Waals surface area contributed by atoms with Gasteiger partial charge in [0.2, 0.25) is 0 Å². The van der Waals surface area contributed by atoms with E-state index >= 15 is 0 Å². The summed E-state index contributed by atoms with van der Waals surface area (Å²) in [6.07, 6.45) is 2.06. The zero-order valence-corrected chi connectivity index (χ0v) is 10.7. The molecule has 3 nitrogen and oxygen atoms in total. The van der Waals surface area contributed by atoms with Crippen LogP contribution in [0.1, 0.15) is 24.3 Å². The van der Waals surface area contributed by atoms with Crippen molar-refractivity contribution in [3.63, 3.8) is 0 Å². The van der Waals surface area contributed by atoms with Crippen molar-refractivity contribution in [2.75, 3.05) is 33.4 Å². The van der Waals surface area contributed by atoms with Gasteiger partial charge >= 0.3 is 0 Å². The number of methoxy groups -OCH3 is 1. The average molecular weight is 253 g/mol. The van der Waals surface area contributed by atoms with Gasteiger partial charge in [0.25, 0.3) is 0 Å². The fourth-order valence-corrected chi connectivity index (χ4v) is 2.34. The summed E-state index contributed by atoms with van der Waals surface area (Å²) in [6, 6.07) is 4.78. The van der Waals surface area contributed by atoms with Crippen molar-refractivity contribution in [3.8, 4) is 5.75 Å². The van der Waals surface area contributed by atoms with E-state index in [1.54, 1.807) is 19.2 Å². The first kappa shape index (κ1) is 13.3. The molecular weight excluding hydrogens is 233 g/mol. The molecule has 18 heavy (non-hydrogen) atoms. The van der Waals surface area contributed by atoms with Crippen LogP contribution in [-0.2, 0) is 4.74 Å². The van der Waals surface area contributed by atoms with Crippen molar-refractivity contribution in [2.24, 2.45) is 0 Å². The number of halogens is 1. The van der Waals surface area contributed by atoms with Gasteiger partial charge in [-0.2, -0.15) is 0 Å². The average Bonchev–Trinajstić information content (AvgIpc) is 2.41. The third kappa shape index (κ3) is 3.43. The van der Waals surface area contributed by atoms with Gasteiger partial charge < -0.3 is 14.8 Å². The third-order valence-electron chi connectivity index (χ3n) is 3.30. The van der Waals surface area contributed by atoms with Crippen molar-refractivity contribution >= 4 is 0 Å². The number of rotatable bonds is 5. The zero-order chi connectivity index (χ0) is 12.8. The Labute approximate surface area is 107 Å². The molecule has 1 saturated heterocycles. The van der Waals surface area contributed by atoms with Gasteiger partial charge in [0, 0.05) is 12.7 Å². The van der Waals surface area contributed by atoms with Crippen molar-refractivity contribution < 1.29 is 13.9 Å². The molecule has 1 N–H and O–H groups in total. The fraction of sp³-hybridized carbons (Fsp3) is 0.571. The molecule has 0 radical (unpaired) electrons. The van der Waals surface area contributed by atoms with Crippen LogP contribution in [0.4, 0.5) is 4.39 Å². The summed E-state index contributed by atoms with van der Waals surface area (Å²) < 4.78 is 24.0. The Morgan fingerprint density at radius 3 is 2.78 bits per heavy atom. The summed E-state index contributed by atoms with van der Waals surface area (Å²) in [6.45, 7) is 3.01. The first-order valence-corrected chi connectivity index (χ1v) is 6.43. The first-order valence-electron chi connectivity index (χ1n) is 6.43. The highest BCUT2D eigenvalue weighted by Crippen LogP contribution is 2.33. The molecule has 1 fully saturated rings. The predicted molar refractivity (Wildman–Crippen MR) is 68.6 cm³/mol. The second-order valence-electron chi connectivity index (χ2n) is 4.55. The summed E-state index contributed by atoms with van der Waals surface area (Å²) in [5.74, 6) is 0.988. The molecule has 2 rings (SSSR count). The third-order valence-corrected chi connectivity index (χ3v) is 3.30. The Kier molecular flexibility index (Phi) is 4.96. The second kappa shape index (κ2) is 6.71. The van der Waals surface area contributed by atoms with Crippen molar-refractivity contribution in [1.82, 2.24) is 5.32 Å². The lowest BCUT2D eigenvalue weighted by atomic mass is 9.89. The smallest absolute Gasteiger partial charge is 0.123 e. The summed E-state index contributed by atoms with van der Waals surface area (Å²) in [7, 11) is 1.64. The molecule has 1 heterocycles. The molecule has 100 valence electrons. The summed E-state index contributed by atoms with van der Waals surface area (Å²) >= 11 is 0. The van der Waals surface area contributed by atoms with Gasteiger partial charge in [0.1, 0.15) is 18.2 Å². The molecule has 1 aromatic carbocycles. The maximum absolute atomic E-state index is 13.4. The Morgan fingerprint density at radius 2 is 2.06 bits per heavy atom. The highest BCUT2D eigenvalue weighted by Gasteiger charge is 2.19. The molecule has 0 amide bonds.